The van der Waals surface area contributed by atoms with E-state index < -0.39 is 21.9 Å². The Kier molecular flexibility index (Phi) is 5.53. The van der Waals surface area contributed by atoms with Crippen LogP contribution >= 0.6 is 0 Å². The van der Waals surface area contributed by atoms with Gasteiger partial charge in [0.15, 0.2) is 5.72 Å². The summed E-state index contributed by atoms with van der Waals surface area (Å²) < 4.78 is 36.7. The molecule has 1 aromatic heterocycles. The Hall–Kier alpha value is -2.71. The van der Waals surface area contributed by atoms with Crippen molar-refractivity contribution in [3.8, 4) is 0 Å². The third kappa shape index (κ3) is 3.79. The molecular weight excluding hydrogens is 380 g/mol. The molecule has 0 N–H and O–H groups in total. The summed E-state index contributed by atoms with van der Waals surface area (Å²) in [5.41, 5.74) is 0.0983. The smallest absolute Gasteiger partial charge is 0.412 e. The van der Waals surface area contributed by atoms with Crippen LogP contribution in [0.25, 0.3) is 6.08 Å². The van der Waals surface area contributed by atoms with Gasteiger partial charge in [0, 0.05) is 25.4 Å². The molecule has 1 aromatic carbocycles. The largest absolute Gasteiger partial charge is 0.444 e. The summed E-state index contributed by atoms with van der Waals surface area (Å²) in [5, 5.41) is 0. The van der Waals surface area contributed by atoms with E-state index in [-0.39, 0.29) is 18.9 Å². The summed E-state index contributed by atoms with van der Waals surface area (Å²) in [6.07, 6.45) is 6.95. The van der Waals surface area contributed by atoms with Crippen molar-refractivity contribution in [2.45, 2.75) is 37.5 Å². The Morgan fingerprint density at radius 3 is 2.54 bits per heavy atom. The summed E-state index contributed by atoms with van der Waals surface area (Å²) in [5.74, 6) is 0. The number of hydrogen-bond donors (Lipinski definition) is 0. The van der Waals surface area contributed by atoms with E-state index in [0.29, 0.717) is 24.9 Å². The molecule has 5 rings (SSSR count). The van der Waals surface area contributed by atoms with Crippen molar-refractivity contribution in [3.05, 3.63) is 66.0 Å². The van der Waals surface area contributed by atoms with Gasteiger partial charge in [-0.3, -0.25) is 9.88 Å². The van der Waals surface area contributed by atoms with Gasteiger partial charge in [-0.2, -0.15) is 8.42 Å². The van der Waals surface area contributed by atoms with Crippen molar-refractivity contribution in [2.24, 2.45) is 0 Å². The zero-order valence-corrected chi connectivity index (χ0v) is 15.3. The number of carbonyl (C=O) groups excluding carboxylic acids is 1. The highest BCUT2D eigenvalue weighted by Gasteiger charge is 2.47. The number of rotatable bonds is 2. The number of aromatic nitrogens is 1. The zero-order valence-electron chi connectivity index (χ0n) is 14.4. The van der Waals surface area contributed by atoms with Gasteiger partial charge in [0.05, 0.1) is 4.90 Å². The zero-order chi connectivity index (χ0) is 18.9. The van der Waals surface area contributed by atoms with Crippen molar-refractivity contribution in [3.63, 3.8) is 0 Å². The van der Waals surface area contributed by atoms with Crippen LogP contribution in [-0.4, -0.2) is 36.7 Å². The first kappa shape index (κ1) is 20.0. The van der Waals surface area contributed by atoms with Gasteiger partial charge in [0.2, 0.25) is 0 Å². The second kappa shape index (κ2) is 7.73. The van der Waals surface area contributed by atoms with Crippen LogP contribution in [0.4, 0.5) is 4.79 Å². The molecule has 148 valence electrons. The summed E-state index contributed by atoms with van der Waals surface area (Å²) in [7, 11) is -4.07. The van der Waals surface area contributed by atoms with Crippen molar-refractivity contribution >= 4 is 22.3 Å². The fraction of sp³-hybridized carbons (Fsp3) is 0.300. The Bertz CT molecular complexity index is 973. The van der Waals surface area contributed by atoms with Crippen LogP contribution in [-0.2, 0) is 25.6 Å². The number of hydrogen-bond acceptors (Lipinski definition) is 6. The normalized spacial score (nSPS) is 23.6. The molecule has 28 heavy (non-hydrogen) atoms. The molecule has 1 saturated heterocycles. The summed E-state index contributed by atoms with van der Waals surface area (Å²) in [6, 6.07) is 9.71. The third-order valence-corrected chi connectivity index (χ3v) is 6.02. The van der Waals surface area contributed by atoms with Crippen LogP contribution in [0.2, 0.25) is 0 Å². The Balaban J connectivity index is 0.00000225. The minimum atomic E-state index is -4.07. The lowest BCUT2D eigenvalue weighted by Gasteiger charge is -2.34. The first-order valence-corrected chi connectivity index (χ1v) is 9.98. The van der Waals surface area contributed by atoms with E-state index in [1.807, 2.05) is 0 Å². The average Bonchev–Trinajstić information content (AvgIpc) is 3.08. The lowest BCUT2D eigenvalue weighted by Crippen LogP contribution is -2.49. The minimum Gasteiger partial charge on any atom is -0.444 e. The maximum Gasteiger partial charge on any atom is 0.412 e. The van der Waals surface area contributed by atoms with Gasteiger partial charge < -0.3 is 4.74 Å². The van der Waals surface area contributed by atoms with E-state index in [0.717, 1.165) is 5.56 Å². The first-order chi connectivity index (χ1) is 13.0. The van der Waals surface area contributed by atoms with Gasteiger partial charge in [0.25, 0.3) is 10.1 Å². The summed E-state index contributed by atoms with van der Waals surface area (Å²) in [6.45, 7) is 0.417. The van der Waals surface area contributed by atoms with E-state index in [1.54, 1.807) is 48.8 Å². The topological polar surface area (TPSA) is 85.8 Å². The number of carbonyl (C=O) groups is 1. The highest BCUT2D eigenvalue weighted by atomic mass is 32.2. The van der Waals surface area contributed by atoms with E-state index in [1.165, 1.54) is 17.0 Å². The van der Waals surface area contributed by atoms with E-state index in [4.69, 9.17) is 8.92 Å². The van der Waals surface area contributed by atoms with Gasteiger partial charge in [-0.15, -0.1) is 0 Å². The second-order valence-corrected chi connectivity index (χ2v) is 8.00. The highest BCUT2D eigenvalue weighted by Crippen LogP contribution is 2.37. The monoisotopic (exact) mass is 402 g/mol. The van der Waals surface area contributed by atoms with Crippen LogP contribution in [0.5, 0.6) is 0 Å². The number of nitrogens with zero attached hydrogens (tertiary/aromatic N) is 2. The number of benzene rings is 1. The van der Waals surface area contributed by atoms with Gasteiger partial charge in [0.1, 0.15) is 6.61 Å². The van der Waals surface area contributed by atoms with Gasteiger partial charge in [-0.25, -0.2) is 8.98 Å². The molecule has 8 heteroatoms. The van der Waals surface area contributed by atoms with Crippen molar-refractivity contribution in [1.82, 2.24) is 9.88 Å². The Labute approximate surface area is 164 Å². The summed E-state index contributed by atoms with van der Waals surface area (Å²) in [4.78, 5) is 18.0. The molecule has 1 fully saturated rings. The number of fused-ring (bicyclic) bond motifs is 5. The SMILES string of the molecule is C.O=C1OCc2ccc(cc2)S(=O)(=O)O[C@]2(C=Cc3ccncc3)CCCN12. The molecule has 0 saturated carbocycles. The molecule has 2 bridgehead atoms. The quantitative estimate of drug-likeness (QED) is 0.714. The predicted octanol–water partition coefficient (Wildman–Crippen LogP) is 3.58. The van der Waals surface area contributed by atoms with Gasteiger partial charge in [-0.05, 0) is 47.9 Å². The standard InChI is InChI=1S/C19H18N2O5S.CH4/c22-18-21-13-1-9-19(21,10-6-15-7-11-20-12-8-15)26-27(23,24)17-4-2-16(3-5-17)14-25-18;/h2-8,10-12H,1,9,13-14H2;1H4/t19-;/m0./s1. The van der Waals surface area contributed by atoms with E-state index >= 15 is 0 Å². The highest BCUT2D eigenvalue weighted by molar-refractivity contribution is 7.86. The molecule has 4 heterocycles. The van der Waals surface area contributed by atoms with E-state index in [9.17, 15) is 13.2 Å². The van der Waals surface area contributed by atoms with Crippen LogP contribution in [0, 0.1) is 0 Å². The van der Waals surface area contributed by atoms with Crippen LogP contribution < -0.4 is 0 Å². The molecule has 0 aliphatic carbocycles. The first-order valence-electron chi connectivity index (χ1n) is 8.57. The maximum atomic E-state index is 12.9. The van der Waals surface area contributed by atoms with Crippen LogP contribution in [0.1, 0.15) is 31.4 Å². The fourth-order valence-corrected chi connectivity index (χ4v) is 4.44. The van der Waals surface area contributed by atoms with Crippen molar-refractivity contribution in [1.29, 1.82) is 0 Å². The third-order valence-electron chi connectivity index (χ3n) is 4.66. The molecule has 3 aliphatic heterocycles. The molecule has 7 nitrogen and oxygen atoms in total. The molecular formula is C20H22N2O5S. The average molecular weight is 402 g/mol. The van der Waals surface area contributed by atoms with Crippen molar-refractivity contribution in [2.75, 3.05) is 6.54 Å². The molecule has 1 atom stereocenters. The molecule has 0 unspecified atom stereocenters. The minimum absolute atomic E-state index is 0. The fourth-order valence-electron chi connectivity index (χ4n) is 3.26. The number of amides is 1. The predicted molar refractivity (Wildman–Crippen MR) is 104 cm³/mol. The molecule has 3 aliphatic rings. The lowest BCUT2D eigenvalue weighted by molar-refractivity contribution is -0.0101. The number of ether oxygens (including phenoxy) is 1. The Morgan fingerprint density at radius 1 is 1.11 bits per heavy atom. The van der Waals surface area contributed by atoms with Gasteiger partial charge in [-0.1, -0.05) is 25.6 Å². The summed E-state index contributed by atoms with van der Waals surface area (Å²) >= 11 is 0. The molecule has 2 aromatic rings. The Morgan fingerprint density at radius 2 is 1.82 bits per heavy atom. The molecule has 0 radical (unpaired) electrons. The lowest BCUT2D eigenvalue weighted by atomic mass is 10.1. The van der Waals surface area contributed by atoms with Crippen molar-refractivity contribution < 1.29 is 22.1 Å². The van der Waals surface area contributed by atoms with E-state index in [2.05, 4.69) is 4.98 Å². The number of pyridine rings is 1. The van der Waals surface area contributed by atoms with Gasteiger partial charge >= 0.3 is 6.09 Å². The maximum absolute atomic E-state index is 12.9. The van der Waals surface area contributed by atoms with Crippen LogP contribution in [0.3, 0.4) is 0 Å². The van der Waals surface area contributed by atoms with Crippen LogP contribution in [0.15, 0.2) is 59.8 Å². The molecule has 1 amide bonds. The second-order valence-electron chi connectivity index (χ2n) is 6.45. The molecule has 0 spiro atoms.